The number of aromatic nitrogens is 5. The second-order valence-electron chi connectivity index (χ2n) is 15.5. The molecule has 288 valence electrons. The van der Waals surface area contributed by atoms with Gasteiger partial charge >= 0.3 is 0 Å². The highest BCUT2D eigenvalue weighted by molar-refractivity contribution is 9.10. The van der Waals surface area contributed by atoms with Crippen LogP contribution >= 0.6 is 15.9 Å². The van der Waals surface area contributed by atoms with Crippen molar-refractivity contribution in [1.82, 2.24) is 39.8 Å². The average Bonchev–Trinajstić information content (AvgIpc) is 3.98. The van der Waals surface area contributed by atoms with Crippen molar-refractivity contribution in [3.63, 3.8) is 0 Å². The summed E-state index contributed by atoms with van der Waals surface area (Å²) in [4.78, 5) is 69.8. The molecule has 4 amide bonds. The quantitative estimate of drug-likeness (QED) is 0.211. The number of carbonyl (C=O) groups is 4. The monoisotopic (exact) mass is 819 g/mol. The molecule has 3 aromatic heterocycles. The summed E-state index contributed by atoms with van der Waals surface area (Å²) >= 11 is 3.57. The van der Waals surface area contributed by atoms with Gasteiger partial charge in [0.05, 0.1) is 21.6 Å². The summed E-state index contributed by atoms with van der Waals surface area (Å²) in [6.45, 7) is 6.31. The molecule has 2 aromatic carbocycles. The second kappa shape index (κ2) is 14.5. The fraction of sp³-hybridized carbons (Fsp3) is 0.390. The minimum atomic E-state index is -0.286. The number of nitrogens with zero attached hydrogens (tertiary/aromatic N) is 7. The molecule has 15 heteroatoms. The molecule has 3 atom stereocenters. The number of piperidine rings is 2. The van der Waals surface area contributed by atoms with Gasteiger partial charge in [0.25, 0.3) is 5.91 Å². The van der Waals surface area contributed by atoms with E-state index in [1.807, 2.05) is 37.2 Å². The number of amides is 4. The lowest BCUT2D eigenvalue weighted by Gasteiger charge is -2.33. The van der Waals surface area contributed by atoms with Gasteiger partial charge in [0.2, 0.25) is 17.7 Å². The molecule has 0 aliphatic carbocycles. The Morgan fingerprint density at radius 1 is 0.911 bits per heavy atom. The molecule has 4 fully saturated rings. The van der Waals surface area contributed by atoms with Crippen molar-refractivity contribution in [3.05, 3.63) is 82.2 Å². The molecule has 4 aliphatic heterocycles. The smallest absolute Gasteiger partial charge is 0.253 e. The molecule has 2 N–H and O–H groups in total. The van der Waals surface area contributed by atoms with Crippen LogP contribution in [0.4, 0.5) is 5.69 Å². The van der Waals surface area contributed by atoms with E-state index in [1.165, 1.54) is 0 Å². The molecular weight excluding hydrogens is 778 g/mol. The number of pyridine rings is 1. The number of nitrogens with one attached hydrogen (secondary N) is 2. The number of hydrogen-bond acceptors (Lipinski definition) is 9. The highest BCUT2D eigenvalue weighted by Crippen LogP contribution is 2.38. The standard InChI is InChI=1S/C41H42BrN9O5/c1-23-32(22-48(2)47-23)37-45-35-36(33(42)17-43-38(35)46-37)56-30-9-5-25(6-10-30)40(54)49-15-13-26(14-16-49)41(55)51-20-27-18-50(19-28(27)21-51)29-7-3-24(4-8-29)31-11-12-34(52)44-39(31)53/h3-10,17,22,26-28,31H,11-16,18-21H2,1-2H3,(H,43,45,46)(H,44,52,53)/t27?,28?,31-/m0/s1. The number of likely N-dealkylation sites (tertiary alicyclic amines) is 2. The van der Waals surface area contributed by atoms with Crippen LogP contribution in [0, 0.1) is 24.7 Å². The van der Waals surface area contributed by atoms with Crippen LogP contribution in [-0.2, 0) is 21.4 Å². The zero-order valence-electron chi connectivity index (χ0n) is 31.2. The number of rotatable bonds is 7. The molecule has 7 heterocycles. The fourth-order valence-electron chi connectivity index (χ4n) is 8.84. The fourth-order valence-corrected chi connectivity index (χ4v) is 9.22. The molecule has 0 bridgehead atoms. The third kappa shape index (κ3) is 6.82. The first-order chi connectivity index (χ1) is 27.1. The van der Waals surface area contributed by atoms with Gasteiger partial charge in [0.1, 0.15) is 17.1 Å². The molecule has 0 radical (unpaired) electrons. The zero-order valence-corrected chi connectivity index (χ0v) is 32.8. The third-order valence-electron chi connectivity index (χ3n) is 11.8. The Labute approximate surface area is 331 Å². The number of hydrogen-bond donors (Lipinski definition) is 2. The molecule has 4 saturated heterocycles. The van der Waals surface area contributed by atoms with E-state index in [9.17, 15) is 19.2 Å². The number of imide groups is 1. The number of H-pyrrole nitrogens is 1. The number of fused-ring (bicyclic) bond motifs is 2. The van der Waals surface area contributed by atoms with Crippen LogP contribution in [0.5, 0.6) is 11.5 Å². The largest absolute Gasteiger partial charge is 0.454 e. The van der Waals surface area contributed by atoms with Crippen molar-refractivity contribution in [3.8, 4) is 22.9 Å². The van der Waals surface area contributed by atoms with Crippen LogP contribution in [0.25, 0.3) is 22.6 Å². The van der Waals surface area contributed by atoms with Gasteiger partial charge in [0.15, 0.2) is 11.4 Å². The van der Waals surface area contributed by atoms with Crippen molar-refractivity contribution in [2.24, 2.45) is 24.8 Å². The zero-order chi connectivity index (χ0) is 38.7. The summed E-state index contributed by atoms with van der Waals surface area (Å²) in [7, 11) is 1.87. The first-order valence-electron chi connectivity index (χ1n) is 19.2. The minimum absolute atomic E-state index is 0.0547. The molecule has 9 rings (SSSR count). The van der Waals surface area contributed by atoms with Gasteiger partial charge < -0.3 is 24.4 Å². The van der Waals surface area contributed by atoms with Crippen LogP contribution in [0.2, 0.25) is 0 Å². The molecule has 0 spiro atoms. The molecule has 0 saturated carbocycles. The van der Waals surface area contributed by atoms with Gasteiger partial charge in [0, 0.05) is 94.1 Å². The molecule has 2 unspecified atom stereocenters. The molecule has 4 aliphatic rings. The Hall–Kier alpha value is -5.57. The van der Waals surface area contributed by atoms with Gasteiger partial charge in [-0.05, 0) is 84.1 Å². The number of ether oxygens (including phenoxy) is 1. The number of aromatic amines is 1. The molecule has 56 heavy (non-hydrogen) atoms. The summed E-state index contributed by atoms with van der Waals surface area (Å²) in [5.74, 6) is 1.96. The van der Waals surface area contributed by atoms with Crippen LogP contribution in [0.1, 0.15) is 53.2 Å². The number of benzene rings is 2. The van der Waals surface area contributed by atoms with Crippen LogP contribution in [0.3, 0.4) is 0 Å². The lowest BCUT2D eigenvalue weighted by Crippen LogP contribution is -2.44. The number of carbonyl (C=O) groups excluding carboxylic acids is 4. The van der Waals surface area contributed by atoms with Gasteiger partial charge in [-0.1, -0.05) is 12.1 Å². The molecular formula is C41H42BrN9O5. The van der Waals surface area contributed by atoms with E-state index in [2.05, 4.69) is 63.2 Å². The van der Waals surface area contributed by atoms with E-state index < -0.39 is 0 Å². The first-order valence-corrected chi connectivity index (χ1v) is 20.0. The van der Waals surface area contributed by atoms with Crippen molar-refractivity contribution in [1.29, 1.82) is 0 Å². The summed E-state index contributed by atoms with van der Waals surface area (Å²) in [6, 6.07) is 15.3. The maximum absolute atomic E-state index is 13.7. The minimum Gasteiger partial charge on any atom is -0.454 e. The first kappa shape index (κ1) is 36.1. The van der Waals surface area contributed by atoms with Crippen LogP contribution in [0.15, 0.2) is 65.4 Å². The number of anilines is 1. The van der Waals surface area contributed by atoms with Gasteiger partial charge in [-0.2, -0.15) is 5.10 Å². The molecule has 14 nitrogen and oxygen atoms in total. The van der Waals surface area contributed by atoms with Crippen molar-refractivity contribution in [2.75, 3.05) is 44.2 Å². The Kier molecular flexibility index (Phi) is 9.34. The number of aryl methyl sites for hydroxylation is 2. The maximum atomic E-state index is 13.7. The lowest BCUT2D eigenvalue weighted by molar-refractivity contribution is -0.136. The van der Waals surface area contributed by atoms with Gasteiger partial charge in [-0.25, -0.2) is 9.97 Å². The predicted octanol–water partition coefficient (Wildman–Crippen LogP) is 5.19. The number of halogens is 1. The average molecular weight is 821 g/mol. The predicted molar refractivity (Wildman–Crippen MR) is 211 cm³/mol. The van der Waals surface area contributed by atoms with E-state index in [4.69, 9.17) is 4.74 Å². The summed E-state index contributed by atoms with van der Waals surface area (Å²) in [6.07, 6.45) is 5.77. The van der Waals surface area contributed by atoms with Gasteiger partial charge in [-0.3, -0.25) is 29.2 Å². The maximum Gasteiger partial charge on any atom is 0.253 e. The van der Waals surface area contributed by atoms with E-state index in [0.717, 1.165) is 48.7 Å². The topological polar surface area (TPSA) is 159 Å². The summed E-state index contributed by atoms with van der Waals surface area (Å²) in [5, 5.41) is 6.86. The summed E-state index contributed by atoms with van der Waals surface area (Å²) < 4.78 is 8.70. The second-order valence-corrected chi connectivity index (χ2v) is 16.3. The normalized spacial score (nSPS) is 21.5. The highest BCUT2D eigenvalue weighted by Gasteiger charge is 2.43. The van der Waals surface area contributed by atoms with Crippen LogP contribution < -0.4 is 15.0 Å². The van der Waals surface area contributed by atoms with E-state index in [-0.39, 0.29) is 35.5 Å². The van der Waals surface area contributed by atoms with Crippen molar-refractivity contribution < 1.29 is 23.9 Å². The SMILES string of the molecule is Cc1nn(C)cc1-c1nc2ncc(Br)c(Oc3ccc(C(=O)N4CCC(C(=O)N5CC6CN(c7ccc([C@@H]8CCC(=O)NC8=O)cc7)CC6C5)CC4)cc3)c2[nH]1. The Bertz CT molecular complexity index is 2340. The molecule has 5 aromatic rings. The van der Waals surface area contributed by atoms with E-state index in [1.54, 1.807) is 35.1 Å². The lowest BCUT2D eigenvalue weighted by atomic mass is 9.90. The number of imidazole rings is 1. The highest BCUT2D eigenvalue weighted by atomic mass is 79.9. The Balaban J connectivity index is 0.765. The van der Waals surface area contributed by atoms with E-state index in [0.29, 0.717) is 89.1 Å². The van der Waals surface area contributed by atoms with Crippen molar-refractivity contribution in [2.45, 2.75) is 38.5 Å². The third-order valence-corrected chi connectivity index (χ3v) is 12.4. The summed E-state index contributed by atoms with van der Waals surface area (Å²) in [5.41, 5.74) is 5.51. The Morgan fingerprint density at radius 3 is 2.29 bits per heavy atom. The van der Waals surface area contributed by atoms with Crippen LogP contribution in [-0.4, -0.2) is 97.4 Å². The van der Waals surface area contributed by atoms with Gasteiger partial charge in [-0.15, -0.1) is 0 Å². The van der Waals surface area contributed by atoms with E-state index >= 15 is 0 Å². The van der Waals surface area contributed by atoms with Crippen molar-refractivity contribution >= 4 is 56.4 Å². The Morgan fingerprint density at radius 2 is 1.62 bits per heavy atom.